The van der Waals surface area contributed by atoms with Crippen molar-refractivity contribution in [1.29, 1.82) is 0 Å². The van der Waals surface area contributed by atoms with E-state index >= 15 is 0 Å². The van der Waals surface area contributed by atoms with Crippen LogP contribution in [0.3, 0.4) is 0 Å². The van der Waals surface area contributed by atoms with Gasteiger partial charge in [-0.1, -0.05) is 12.1 Å². The van der Waals surface area contributed by atoms with Gasteiger partial charge in [0.05, 0.1) is 13.2 Å². The molecule has 0 aromatic heterocycles. The van der Waals surface area contributed by atoms with Crippen LogP contribution in [0.15, 0.2) is 24.3 Å². The van der Waals surface area contributed by atoms with Gasteiger partial charge in [-0.2, -0.15) is 0 Å². The lowest BCUT2D eigenvalue weighted by Crippen LogP contribution is -2.48. The molecule has 5 nitrogen and oxygen atoms in total. The van der Waals surface area contributed by atoms with Gasteiger partial charge < -0.3 is 20.1 Å². The molecule has 2 fully saturated rings. The highest BCUT2D eigenvalue weighted by Gasteiger charge is 2.33. The number of carbonyl (C=O) groups excluding carboxylic acids is 1. The van der Waals surface area contributed by atoms with Crippen LogP contribution in [0.5, 0.6) is 5.75 Å². The molecule has 0 radical (unpaired) electrons. The predicted molar refractivity (Wildman–Crippen MR) is 97.9 cm³/mol. The Morgan fingerprint density at radius 2 is 1.88 bits per heavy atom. The topological polar surface area (TPSA) is 59.6 Å². The molecule has 138 valence electrons. The highest BCUT2D eigenvalue weighted by molar-refractivity contribution is 5.76. The minimum absolute atomic E-state index is 0.157. The Hall–Kier alpha value is -1.59. The minimum atomic E-state index is 0.157. The van der Waals surface area contributed by atoms with E-state index in [0.717, 1.165) is 38.0 Å². The fourth-order valence-electron chi connectivity index (χ4n) is 3.87. The van der Waals surface area contributed by atoms with Gasteiger partial charge in [0.15, 0.2) is 0 Å². The van der Waals surface area contributed by atoms with Crippen molar-refractivity contribution in [2.75, 3.05) is 20.3 Å². The second-order valence-corrected chi connectivity index (χ2v) is 7.21. The number of benzene rings is 1. The van der Waals surface area contributed by atoms with E-state index in [1.54, 1.807) is 7.11 Å². The van der Waals surface area contributed by atoms with Crippen molar-refractivity contribution < 1.29 is 14.3 Å². The summed E-state index contributed by atoms with van der Waals surface area (Å²) in [5.41, 5.74) is 1.24. The smallest absolute Gasteiger partial charge is 0.220 e. The first-order valence-corrected chi connectivity index (χ1v) is 9.49. The lowest BCUT2D eigenvalue weighted by molar-refractivity contribution is -0.122. The molecule has 25 heavy (non-hydrogen) atoms. The summed E-state index contributed by atoms with van der Waals surface area (Å²) in [5, 5.41) is 6.80. The molecule has 1 aromatic rings. The predicted octanol–water partition coefficient (Wildman–Crippen LogP) is 2.43. The van der Waals surface area contributed by atoms with Gasteiger partial charge in [0.25, 0.3) is 0 Å². The summed E-state index contributed by atoms with van der Waals surface area (Å²) >= 11 is 0. The normalized spacial score (nSPS) is 24.9. The lowest BCUT2D eigenvalue weighted by atomic mass is 9.99. The van der Waals surface area contributed by atoms with Crippen LogP contribution in [-0.4, -0.2) is 44.4 Å². The molecule has 2 atom stereocenters. The molecular formula is C20H30N2O3. The molecule has 2 heterocycles. The third kappa shape index (κ3) is 5.72. The Balaban J connectivity index is 1.29. The summed E-state index contributed by atoms with van der Waals surface area (Å²) in [4.78, 5) is 12.1. The molecule has 3 rings (SSSR count). The van der Waals surface area contributed by atoms with E-state index in [2.05, 4.69) is 22.8 Å². The molecule has 1 amide bonds. The number of nitrogens with one attached hydrogen (secondary N) is 2. The Bertz CT molecular complexity index is 534. The average molecular weight is 346 g/mol. The zero-order valence-electron chi connectivity index (χ0n) is 15.1. The maximum absolute atomic E-state index is 12.1. The van der Waals surface area contributed by atoms with Gasteiger partial charge in [0, 0.05) is 31.7 Å². The lowest BCUT2D eigenvalue weighted by Gasteiger charge is -2.29. The molecule has 2 unspecified atom stereocenters. The van der Waals surface area contributed by atoms with Crippen LogP contribution >= 0.6 is 0 Å². The number of methoxy groups -OCH3 is 1. The molecule has 2 N–H and O–H groups in total. The quantitative estimate of drug-likeness (QED) is 0.674. The monoisotopic (exact) mass is 346 g/mol. The van der Waals surface area contributed by atoms with Crippen LogP contribution < -0.4 is 15.4 Å². The number of amides is 1. The van der Waals surface area contributed by atoms with Crippen LogP contribution in [0.2, 0.25) is 0 Å². The highest BCUT2D eigenvalue weighted by atomic mass is 16.5. The average Bonchev–Trinajstić information content (AvgIpc) is 2.96. The van der Waals surface area contributed by atoms with Gasteiger partial charge in [-0.05, 0) is 56.2 Å². The number of carbonyl (C=O) groups is 1. The van der Waals surface area contributed by atoms with Crippen molar-refractivity contribution in [2.45, 2.75) is 63.1 Å². The third-order valence-corrected chi connectivity index (χ3v) is 5.17. The third-order valence-electron chi connectivity index (χ3n) is 5.17. The maximum atomic E-state index is 12.1. The number of piperidine rings is 1. The number of hydrogen-bond acceptors (Lipinski definition) is 4. The van der Waals surface area contributed by atoms with Crippen molar-refractivity contribution in [3.63, 3.8) is 0 Å². The first-order chi connectivity index (χ1) is 12.2. The van der Waals surface area contributed by atoms with E-state index in [1.807, 2.05) is 12.1 Å². The fourth-order valence-corrected chi connectivity index (χ4v) is 3.87. The molecule has 2 saturated heterocycles. The standard InChI is InChI=1S/C20H30N2O3/c1-24-12-10-15-4-8-19(9-5-15)25-11-2-3-20(23)22-18-13-16-6-7-17(14-18)21-16/h4-5,8-9,16-18,21H,2-3,6-7,10-14H2,1H3,(H,22,23). The summed E-state index contributed by atoms with van der Waals surface area (Å²) < 4.78 is 10.8. The second-order valence-electron chi connectivity index (χ2n) is 7.21. The molecule has 2 aliphatic heterocycles. The van der Waals surface area contributed by atoms with Gasteiger partial charge in [0.2, 0.25) is 5.91 Å². The van der Waals surface area contributed by atoms with Gasteiger partial charge in [-0.3, -0.25) is 4.79 Å². The maximum Gasteiger partial charge on any atom is 0.220 e. The van der Waals surface area contributed by atoms with Gasteiger partial charge in [-0.15, -0.1) is 0 Å². The molecule has 5 heteroatoms. The summed E-state index contributed by atoms with van der Waals surface area (Å²) in [6, 6.07) is 9.66. The van der Waals surface area contributed by atoms with Gasteiger partial charge in [0.1, 0.15) is 5.75 Å². The highest BCUT2D eigenvalue weighted by Crippen LogP contribution is 2.26. The second kappa shape index (κ2) is 9.20. The summed E-state index contributed by atoms with van der Waals surface area (Å²) in [6.45, 7) is 1.30. The van der Waals surface area contributed by atoms with Gasteiger partial charge in [-0.25, -0.2) is 0 Å². The summed E-state index contributed by atoms with van der Waals surface area (Å²) in [7, 11) is 1.71. The van der Waals surface area contributed by atoms with Crippen molar-refractivity contribution in [3.8, 4) is 5.75 Å². The Morgan fingerprint density at radius 3 is 2.56 bits per heavy atom. The van der Waals surface area contributed by atoms with E-state index in [9.17, 15) is 4.79 Å². The summed E-state index contributed by atoms with van der Waals surface area (Å²) in [5.74, 6) is 1.02. The molecule has 2 bridgehead atoms. The van der Waals surface area contributed by atoms with E-state index in [1.165, 1.54) is 18.4 Å². The largest absolute Gasteiger partial charge is 0.494 e. The molecule has 2 aliphatic rings. The van der Waals surface area contributed by atoms with E-state index in [4.69, 9.17) is 9.47 Å². The molecular weight excluding hydrogens is 316 g/mol. The SMILES string of the molecule is COCCc1ccc(OCCCC(=O)NC2CC3CCC(C2)N3)cc1. The number of ether oxygens (including phenoxy) is 2. The number of rotatable bonds is 9. The Kier molecular flexibility index (Phi) is 6.70. The van der Waals surface area contributed by atoms with Crippen molar-refractivity contribution in [1.82, 2.24) is 10.6 Å². The first-order valence-electron chi connectivity index (χ1n) is 9.49. The van der Waals surface area contributed by atoms with Crippen LogP contribution in [0.25, 0.3) is 0 Å². The van der Waals surface area contributed by atoms with Crippen LogP contribution in [-0.2, 0) is 16.0 Å². The van der Waals surface area contributed by atoms with E-state index in [0.29, 0.717) is 31.2 Å². The number of fused-ring (bicyclic) bond motifs is 2. The Labute approximate surface area is 150 Å². The first kappa shape index (κ1) is 18.2. The van der Waals surface area contributed by atoms with Crippen molar-refractivity contribution in [2.24, 2.45) is 0 Å². The fraction of sp³-hybridized carbons (Fsp3) is 0.650. The molecule has 1 aromatic carbocycles. The van der Waals surface area contributed by atoms with Crippen LogP contribution in [0, 0.1) is 0 Å². The van der Waals surface area contributed by atoms with Crippen LogP contribution in [0.4, 0.5) is 0 Å². The molecule has 0 spiro atoms. The van der Waals surface area contributed by atoms with Gasteiger partial charge >= 0.3 is 0 Å². The summed E-state index contributed by atoms with van der Waals surface area (Å²) in [6.07, 6.45) is 6.86. The number of hydrogen-bond donors (Lipinski definition) is 2. The van der Waals surface area contributed by atoms with E-state index < -0.39 is 0 Å². The minimum Gasteiger partial charge on any atom is -0.494 e. The molecule has 0 aliphatic carbocycles. The zero-order chi connectivity index (χ0) is 17.5. The zero-order valence-corrected chi connectivity index (χ0v) is 15.1. The van der Waals surface area contributed by atoms with E-state index in [-0.39, 0.29) is 5.91 Å². The van der Waals surface area contributed by atoms with Crippen molar-refractivity contribution >= 4 is 5.91 Å². The molecule has 0 saturated carbocycles. The van der Waals surface area contributed by atoms with Crippen LogP contribution in [0.1, 0.15) is 44.1 Å². The Morgan fingerprint density at radius 1 is 1.16 bits per heavy atom. The van der Waals surface area contributed by atoms with Crippen molar-refractivity contribution in [3.05, 3.63) is 29.8 Å².